The van der Waals surface area contributed by atoms with Crippen molar-refractivity contribution >= 4 is 17.8 Å². The summed E-state index contributed by atoms with van der Waals surface area (Å²) in [5.74, 6) is 0.353. The molecule has 2 aliphatic rings. The first-order valence-corrected chi connectivity index (χ1v) is 7.57. The molecule has 0 bridgehead atoms. The van der Waals surface area contributed by atoms with Gasteiger partial charge in [-0.2, -0.15) is 0 Å². The van der Waals surface area contributed by atoms with Gasteiger partial charge in [-0.1, -0.05) is 6.07 Å². The average Bonchev–Trinajstić information content (AvgIpc) is 2.55. The van der Waals surface area contributed by atoms with Crippen molar-refractivity contribution in [2.24, 2.45) is 5.73 Å². The lowest BCUT2D eigenvalue weighted by Gasteiger charge is -2.43. The van der Waals surface area contributed by atoms with Gasteiger partial charge in [0.25, 0.3) is 0 Å². The average molecular weight is 304 g/mol. The zero-order chi connectivity index (χ0) is 15.5. The number of aromatic nitrogens is 1. The van der Waals surface area contributed by atoms with Crippen molar-refractivity contribution < 1.29 is 14.3 Å². The first kappa shape index (κ1) is 14.6. The minimum absolute atomic E-state index is 0.00902. The van der Waals surface area contributed by atoms with Crippen molar-refractivity contribution in [3.8, 4) is 0 Å². The first-order valence-electron chi connectivity index (χ1n) is 7.57. The fourth-order valence-electron chi connectivity index (χ4n) is 3.20. The molecule has 22 heavy (non-hydrogen) atoms. The number of nitrogens with zero attached hydrogens (tertiary/aromatic N) is 3. The van der Waals surface area contributed by atoms with E-state index in [1.54, 1.807) is 11.1 Å². The minimum atomic E-state index is -0.455. The monoisotopic (exact) mass is 304 g/mol. The number of nitrogens with two attached hydrogens (primary N) is 1. The molecule has 0 saturated carbocycles. The van der Waals surface area contributed by atoms with E-state index in [4.69, 9.17) is 10.5 Å². The van der Waals surface area contributed by atoms with E-state index in [0.29, 0.717) is 26.1 Å². The van der Waals surface area contributed by atoms with Crippen LogP contribution in [0.4, 0.5) is 10.6 Å². The minimum Gasteiger partial charge on any atom is -0.449 e. The number of piperidine rings is 1. The van der Waals surface area contributed by atoms with Gasteiger partial charge >= 0.3 is 6.09 Å². The van der Waals surface area contributed by atoms with E-state index in [-0.39, 0.29) is 18.0 Å². The highest BCUT2D eigenvalue weighted by atomic mass is 16.6. The van der Waals surface area contributed by atoms with Gasteiger partial charge in [0.2, 0.25) is 5.91 Å². The maximum Gasteiger partial charge on any atom is 0.410 e. The second kappa shape index (κ2) is 6.21. The number of anilines is 1. The summed E-state index contributed by atoms with van der Waals surface area (Å²) < 4.78 is 5.10. The molecular weight excluding hydrogens is 284 g/mol. The van der Waals surface area contributed by atoms with Crippen LogP contribution >= 0.6 is 0 Å². The van der Waals surface area contributed by atoms with Gasteiger partial charge in [-0.25, -0.2) is 9.78 Å². The fraction of sp³-hybridized carbons (Fsp3) is 0.533. The lowest BCUT2D eigenvalue weighted by atomic mass is 9.95. The molecule has 0 spiro atoms. The van der Waals surface area contributed by atoms with Gasteiger partial charge in [-0.15, -0.1) is 0 Å². The molecule has 2 N–H and O–H groups in total. The molecular formula is C15H20N4O3. The number of rotatable bonds is 3. The van der Waals surface area contributed by atoms with E-state index in [0.717, 1.165) is 18.7 Å². The molecule has 2 saturated heterocycles. The van der Waals surface area contributed by atoms with Crippen LogP contribution in [0.3, 0.4) is 0 Å². The summed E-state index contributed by atoms with van der Waals surface area (Å²) in [6.45, 7) is 1.79. The summed E-state index contributed by atoms with van der Waals surface area (Å²) in [6.07, 6.45) is 3.52. The summed E-state index contributed by atoms with van der Waals surface area (Å²) in [7, 11) is 0. The molecule has 2 fully saturated rings. The van der Waals surface area contributed by atoms with E-state index in [1.165, 1.54) is 0 Å². The molecule has 3 heterocycles. The van der Waals surface area contributed by atoms with Gasteiger partial charge in [0.1, 0.15) is 11.9 Å². The molecule has 118 valence electrons. The third-order valence-corrected chi connectivity index (χ3v) is 4.29. The highest BCUT2D eigenvalue weighted by Crippen LogP contribution is 2.27. The molecule has 0 aromatic carbocycles. The zero-order valence-electron chi connectivity index (χ0n) is 12.4. The fourth-order valence-corrected chi connectivity index (χ4v) is 3.20. The van der Waals surface area contributed by atoms with Crippen LogP contribution in [0.5, 0.6) is 0 Å². The standard InChI is InChI=1S/C15H20N4O3/c16-14(20)12-10-11(18-7-3-9-22-15(18)21)5-8-19(12)13-4-1-2-6-17-13/h1-2,4,6,11-12H,3,5,7-10H2,(H2,16,20). The SMILES string of the molecule is NC(=O)C1CC(N2CCCOC2=O)CCN1c1ccccn1. The molecule has 2 aliphatic heterocycles. The Hall–Kier alpha value is -2.31. The summed E-state index contributed by atoms with van der Waals surface area (Å²) >= 11 is 0. The van der Waals surface area contributed by atoms with Crippen LogP contribution in [-0.4, -0.2) is 53.7 Å². The molecule has 7 nitrogen and oxygen atoms in total. The van der Waals surface area contributed by atoms with Crippen molar-refractivity contribution in [3.63, 3.8) is 0 Å². The number of carbonyl (C=O) groups is 2. The lowest BCUT2D eigenvalue weighted by molar-refractivity contribution is -0.120. The van der Waals surface area contributed by atoms with Crippen molar-refractivity contribution in [2.45, 2.75) is 31.3 Å². The Balaban J connectivity index is 1.76. The molecule has 1 aromatic heterocycles. The van der Waals surface area contributed by atoms with Gasteiger partial charge in [0.15, 0.2) is 0 Å². The Labute approximate surface area is 129 Å². The third kappa shape index (κ3) is 2.84. The van der Waals surface area contributed by atoms with Gasteiger partial charge in [0.05, 0.1) is 6.61 Å². The second-order valence-corrected chi connectivity index (χ2v) is 5.64. The normalized spacial score (nSPS) is 25.7. The molecule has 7 heteroatoms. The molecule has 2 amide bonds. The van der Waals surface area contributed by atoms with Crippen molar-refractivity contribution in [3.05, 3.63) is 24.4 Å². The number of pyridine rings is 1. The van der Waals surface area contributed by atoms with Gasteiger partial charge < -0.3 is 20.3 Å². The van der Waals surface area contributed by atoms with E-state index in [9.17, 15) is 9.59 Å². The molecule has 2 unspecified atom stereocenters. The molecule has 0 radical (unpaired) electrons. The Kier molecular flexibility index (Phi) is 4.13. The highest BCUT2D eigenvalue weighted by molar-refractivity contribution is 5.83. The third-order valence-electron chi connectivity index (χ3n) is 4.29. The van der Waals surface area contributed by atoms with E-state index in [2.05, 4.69) is 4.98 Å². The summed E-state index contributed by atoms with van der Waals surface area (Å²) in [4.78, 5) is 31.7. The smallest absolute Gasteiger partial charge is 0.410 e. The predicted molar refractivity (Wildman–Crippen MR) is 80.3 cm³/mol. The van der Waals surface area contributed by atoms with E-state index in [1.807, 2.05) is 23.1 Å². The molecule has 3 rings (SSSR count). The molecule has 2 atom stereocenters. The number of amides is 2. The predicted octanol–water partition coefficient (Wildman–Crippen LogP) is 0.747. The quantitative estimate of drug-likeness (QED) is 0.890. The number of hydrogen-bond acceptors (Lipinski definition) is 5. The summed E-state index contributed by atoms with van der Waals surface area (Å²) in [5, 5.41) is 0. The molecule has 0 aliphatic carbocycles. The van der Waals surface area contributed by atoms with Gasteiger partial charge in [-0.05, 0) is 31.4 Å². The van der Waals surface area contributed by atoms with Crippen molar-refractivity contribution in [1.82, 2.24) is 9.88 Å². The van der Waals surface area contributed by atoms with Crippen molar-refractivity contribution in [2.75, 3.05) is 24.6 Å². The number of hydrogen-bond donors (Lipinski definition) is 1. The number of primary amides is 1. The number of ether oxygens (including phenoxy) is 1. The number of cyclic esters (lactones) is 1. The Morgan fingerprint density at radius 1 is 1.32 bits per heavy atom. The topological polar surface area (TPSA) is 88.8 Å². The van der Waals surface area contributed by atoms with Crippen LogP contribution in [0.1, 0.15) is 19.3 Å². The maximum absolute atomic E-state index is 11.9. The maximum atomic E-state index is 11.9. The number of carbonyl (C=O) groups excluding carboxylic acids is 2. The van der Waals surface area contributed by atoms with Crippen LogP contribution in [0.15, 0.2) is 24.4 Å². The Bertz CT molecular complexity index is 551. The zero-order valence-corrected chi connectivity index (χ0v) is 12.4. The Morgan fingerprint density at radius 3 is 2.86 bits per heavy atom. The first-order chi connectivity index (χ1) is 10.7. The second-order valence-electron chi connectivity index (χ2n) is 5.64. The van der Waals surface area contributed by atoms with Gasteiger partial charge in [0, 0.05) is 25.3 Å². The van der Waals surface area contributed by atoms with Crippen LogP contribution in [0.25, 0.3) is 0 Å². The Morgan fingerprint density at radius 2 is 2.18 bits per heavy atom. The van der Waals surface area contributed by atoms with Gasteiger partial charge in [-0.3, -0.25) is 4.79 Å². The van der Waals surface area contributed by atoms with E-state index >= 15 is 0 Å². The summed E-state index contributed by atoms with van der Waals surface area (Å²) in [5.41, 5.74) is 5.58. The molecule has 1 aromatic rings. The van der Waals surface area contributed by atoms with Crippen molar-refractivity contribution in [1.29, 1.82) is 0 Å². The summed E-state index contributed by atoms with van der Waals surface area (Å²) in [6, 6.07) is 5.12. The van der Waals surface area contributed by atoms with Crippen LogP contribution in [-0.2, 0) is 9.53 Å². The van der Waals surface area contributed by atoms with Crippen LogP contribution in [0.2, 0.25) is 0 Å². The van der Waals surface area contributed by atoms with Crippen LogP contribution < -0.4 is 10.6 Å². The largest absolute Gasteiger partial charge is 0.449 e. The highest BCUT2D eigenvalue weighted by Gasteiger charge is 2.38. The van der Waals surface area contributed by atoms with E-state index < -0.39 is 6.04 Å². The van der Waals surface area contributed by atoms with Crippen LogP contribution in [0, 0.1) is 0 Å². The lowest BCUT2D eigenvalue weighted by Crippen LogP contribution is -2.57.